The van der Waals surface area contributed by atoms with Crippen LogP contribution in [0.5, 0.6) is 11.5 Å². The number of carbonyl (C=O) groups is 1. The lowest BCUT2D eigenvalue weighted by molar-refractivity contribution is 0.0931. The van der Waals surface area contributed by atoms with E-state index in [2.05, 4.69) is 17.2 Å². The Labute approximate surface area is 184 Å². The molecule has 0 aliphatic heterocycles. The molecule has 6 nitrogen and oxygen atoms in total. The van der Waals surface area contributed by atoms with E-state index in [0.29, 0.717) is 17.2 Å². The first-order chi connectivity index (χ1) is 15.1. The molecule has 1 amide bonds. The highest BCUT2D eigenvalue weighted by atomic mass is 16.5. The fourth-order valence-corrected chi connectivity index (χ4v) is 3.59. The molecule has 0 bridgehead atoms. The summed E-state index contributed by atoms with van der Waals surface area (Å²) in [4.78, 5) is 17.1. The fourth-order valence-electron chi connectivity index (χ4n) is 3.59. The zero-order chi connectivity index (χ0) is 22.2. The van der Waals surface area contributed by atoms with Gasteiger partial charge in [-0.05, 0) is 48.7 Å². The van der Waals surface area contributed by atoms with Gasteiger partial charge in [0.25, 0.3) is 5.91 Å². The largest absolute Gasteiger partial charge is 0.493 e. The van der Waals surface area contributed by atoms with E-state index in [-0.39, 0.29) is 11.9 Å². The topological polar surface area (TPSA) is 65.4 Å². The molecule has 0 aliphatic carbocycles. The second-order valence-corrected chi connectivity index (χ2v) is 7.64. The summed E-state index contributed by atoms with van der Waals surface area (Å²) in [6.45, 7) is 4.23. The molecule has 0 radical (unpaired) electrons. The summed E-state index contributed by atoms with van der Waals surface area (Å²) in [6, 6.07) is 13.9. The maximum Gasteiger partial charge on any atom is 0.270 e. The summed E-state index contributed by atoms with van der Waals surface area (Å²) in [6.07, 6.45) is 7.72. The molecule has 0 unspecified atom stereocenters. The predicted octanol–water partition coefficient (Wildman–Crippen LogP) is 5.26. The minimum atomic E-state index is -0.113. The number of unbranched alkanes of at least 4 members (excludes halogenated alkanes) is 2. The third kappa shape index (κ3) is 5.45. The number of hydrogen-bond acceptors (Lipinski definition) is 4. The lowest BCUT2D eigenvalue weighted by atomic mass is 10.0. The Morgan fingerprint density at radius 3 is 2.58 bits per heavy atom. The summed E-state index contributed by atoms with van der Waals surface area (Å²) in [5, 5.41) is 3.10. The van der Waals surface area contributed by atoms with Gasteiger partial charge in [-0.25, -0.2) is 4.98 Å². The van der Waals surface area contributed by atoms with Gasteiger partial charge >= 0.3 is 0 Å². The summed E-state index contributed by atoms with van der Waals surface area (Å²) in [5.74, 6) is 1.24. The number of ether oxygens (including phenoxy) is 2. The van der Waals surface area contributed by atoms with Crippen molar-refractivity contribution in [3.05, 3.63) is 60.7 Å². The van der Waals surface area contributed by atoms with Crippen LogP contribution in [0, 0.1) is 0 Å². The van der Waals surface area contributed by atoms with Crippen LogP contribution in [-0.2, 0) is 0 Å². The van der Waals surface area contributed by atoms with Crippen LogP contribution in [0.2, 0.25) is 0 Å². The first kappa shape index (κ1) is 22.4. The standard InChI is InChI=1S/C25H31N3O3/c1-5-6-7-9-18(2)27-25(29)22-16-26-17-28(22)21-11-8-10-19(14-21)20-12-13-23(30-3)24(15-20)31-4/h8,10-18H,5-7,9H2,1-4H3,(H,27,29)/t18-/m1/s1. The third-order valence-corrected chi connectivity index (χ3v) is 5.33. The second kappa shape index (κ2) is 10.7. The summed E-state index contributed by atoms with van der Waals surface area (Å²) in [5.41, 5.74) is 3.39. The van der Waals surface area contributed by atoms with E-state index >= 15 is 0 Å². The van der Waals surface area contributed by atoms with Crippen LogP contribution in [0.25, 0.3) is 16.8 Å². The SMILES string of the molecule is CCCCC[C@@H](C)NC(=O)c1cncn1-c1cccc(-c2ccc(OC)c(OC)c2)c1. The highest BCUT2D eigenvalue weighted by Gasteiger charge is 2.16. The summed E-state index contributed by atoms with van der Waals surface area (Å²) < 4.78 is 12.6. The molecule has 2 aromatic carbocycles. The van der Waals surface area contributed by atoms with Crippen molar-refractivity contribution < 1.29 is 14.3 Å². The fraction of sp³-hybridized carbons (Fsp3) is 0.360. The van der Waals surface area contributed by atoms with Crippen molar-refractivity contribution in [2.24, 2.45) is 0 Å². The molecular formula is C25H31N3O3. The molecule has 6 heteroatoms. The number of imidazole rings is 1. The molecular weight excluding hydrogens is 390 g/mol. The lowest BCUT2D eigenvalue weighted by Crippen LogP contribution is -2.33. The van der Waals surface area contributed by atoms with Gasteiger partial charge in [0.2, 0.25) is 0 Å². The predicted molar refractivity (Wildman–Crippen MR) is 123 cm³/mol. The van der Waals surface area contributed by atoms with E-state index in [1.807, 2.05) is 54.0 Å². The maximum atomic E-state index is 12.8. The lowest BCUT2D eigenvalue weighted by Gasteiger charge is -2.15. The maximum absolute atomic E-state index is 12.8. The first-order valence-corrected chi connectivity index (χ1v) is 10.7. The number of methoxy groups -OCH3 is 2. The van der Waals surface area contributed by atoms with E-state index in [4.69, 9.17) is 9.47 Å². The van der Waals surface area contributed by atoms with Crippen LogP contribution in [0.15, 0.2) is 55.0 Å². The smallest absolute Gasteiger partial charge is 0.270 e. The number of rotatable bonds is 10. The Balaban J connectivity index is 1.83. The number of nitrogens with zero attached hydrogens (tertiary/aromatic N) is 2. The molecule has 0 saturated carbocycles. The van der Waals surface area contributed by atoms with E-state index in [0.717, 1.165) is 29.7 Å². The molecule has 1 atom stereocenters. The normalized spacial score (nSPS) is 11.7. The molecule has 1 aromatic heterocycles. The number of nitrogens with one attached hydrogen (secondary N) is 1. The van der Waals surface area contributed by atoms with Crippen LogP contribution in [0.4, 0.5) is 0 Å². The number of amides is 1. The molecule has 3 rings (SSSR count). The molecule has 0 spiro atoms. The monoisotopic (exact) mass is 421 g/mol. The molecule has 0 fully saturated rings. The van der Waals surface area contributed by atoms with Gasteiger partial charge in [0.15, 0.2) is 11.5 Å². The Bertz CT molecular complexity index is 1010. The molecule has 0 saturated heterocycles. The second-order valence-electron chi connectivity index (χ2n) is 7.64. The Kier molecular flexibility index (Phi) is 7.70. The van der Waals surface area contributed by atoms with Gasteiger partial charge in [-0.2, -0.15) is 0 Å². The Hall–Kier alpha value is -3.28. The molecule has 3 aromatic rings. The van der Waals surface area contributed by atoms with Crippen LogP contribution in [-0.4, -0.2) is 35.7 Å². The zero-order valence-electron chi connectivity index (χ0n) is 18.7. The van der Waals surface area contributed by atoms with E-state index in [1.165, 1.54) is 12.8 Å². The highest BCUT2D eigenvalue weighted by Crippen LogP contribution is 2.33. The van der Waals surface area contributed by atoms with Crippen LogP contribution < -0.4 is 14.8 Å². The number of hydrogen-bond donors (Lipinski definition) is 1. The van der Waals surface area contributed by atoms with Crippen LogP contribution in [0.1, 0.15) is 50.0 Å². The van der Waals surface area contributed by atoms with Gasteiger partial charge in [0.1, 0.15) is 5.69 Å². The third-order valence-electron chi connectivity index (χ3n) is 5.33. The average molecular weight is 422 g/mol. The van der Waals surface area contributed by atoms with E-state index in [1.54, 1.807) is 26.7 Å². The van der Waals surface area contributed by atoms with Crippen molar-refractivity contribution in [2.45, 2.75) is 45.6 Å². The Morgan fingerprint density at radius 2 is 1.84 bits per heavy atom. The quantitative estimate of drug-likeness (QED) is 0.454. The van der Waals surface area contributed by atoms with Gasteiger partial charge < -0.3 is 14.8 Å². The van der Waals surface area contributed by atoms with Gasteiger partial charge in [-0.15, -0.1) is 0 Å². The Morgan fingerprint density at radius 1 is 1.06 bits per heavy atom. The summed E-state index contributed by atoms with van der Waals surface area (Å²) >= 11 is 0. The minimum Gasteiger partial charge on any atom is -0.493 e. The van der Waals surface area contributed by atoms with Gasteiger partial charge in [0.05, 0.1) is 26.7 Å². The van der Waals surface area contributed by atoms with Crippen molar-refractivity contribution in [3.8, 4) is 28.3 Å². The van der Waals surface area contributed by atoms with E-state index < -0.39 is 0 Å². The van der Waals surface area contributed by atoms with Gasteiger partial charge in [-0.3, -0.25) is 9.36 Å². The molecule has 1 heterocycles. The molecule has 31 heavy (non-hydrogen) atoms. The molecule has 1 N–H and O–H groups in total. The average Bonchev–Trinajstić information content (AvgIpc) is 3.29. The van der Waals surface area contributed by atoms with E-state index in [9.17, 15) is 4.79 Å². The molecule has 164 valence electrons. The zero-order valence-corrected chi connectivity index (χ0v) is 18.7. The minimum absolute atomic E-state index is 0.113. The number of benzene rings is 2. The van der Waals surface area contributed by atoms with Gasteiger partial charge in [-0.1, -0.05) is 44.4 Å². The summed E-state index contributed by atoms with van der Waals surface area (Å²) in [7, 11) is 3.24. The van der Waals surface area contributed by atoms with Crippen molar-refractivity contribution in [1.82, 2.24) is 14.9 Å². The van der Waals surface area contributed by atoms with Crippen molar-refractivity contribution in [1.29, 1.82) is 0 Å². The number of carbonyl (C=O) groups excluding carboxylic acids is 1. The molecule has 0 aliphatic rings. The van der Waals surface area contributed by atoms with Crippen LogP contribution in [0.3, 0.4) is 0 Å². The van der Waals surface area contributed by atoms with Crippen molar-refractivity contribution in [2.75, 3.05) is 14.2 Å². The number of aromatic nitrogens is 2. The first-order valence-electron chi connectivity index (χ1n) is 10.7. The van der Waals surface area contributed by atoms with Crippen molar-refractivity contribution in [3.63, 3.8) is 0 Å². The highest BCUT2D eigenvalue weighted by molar-refractivity contribution is 5.93. The van der Waals surface area contributed by atoms with Gasteiger partial charge in [0, 0.05) is 11.7 Å². The van der Waals surface area contributed by atoms with Crippen LogP contribution >= 0.6 is 0 Å². The van der Waals surface area contributed by atoms with Crippen molar-refractivity contribution >= 4 is 5.91 Å².